The molecule has 2 rings (SSSR count). The number of hydrogen-bond donors (Lipinski definition) is 1. The van der Waals surface area contributed by atoms with Gasteiger partial charge in [0.1, 0.15) is 11.5 Å². The van der Waals surface area contributed by atoms with Crippen LogP contribution in [0.4, 0.5) is 0 Å². The van der Waals surface area contributed by atoms with Gasteiger partial charge in [-0.3, -0.25) is 0 Å². The number of carbonyl (C=O) groups is 1. The quantitative estimate of drug-likeness (QED) is 0.931. The summed E-state index contributed by atoms with van der Waals surface area (Å²) in [6.45, 7) is 3.98. The lowest BCUT2D eigenvalue weighted by Crippen LogP contribution is -2.00. The average molecular weight is 286 g/mol. The molecule has 110 valence electrons. The van der Waals surface area contributed by atoms with Crippen molar-refractivity contribution in [3.8, 4) is 22.6 Å². The molecule has 2 aromatic rings. The zero-order valence-electron chi connectivity index (χ0n) is 12.6. The van der Waals surface area contributed by atoms with Crippen LogP contribution in [0.15, 0.2) is 30.3 Å². The zero-order chi connectivity index (χ0) is 15.6. The molecule has 0 fully saturated rings. The van der Waals surface area contributed by atoms with Gasteiger partial charge in [-0.05, 0) is 43.2 Å². The highest BCUT2D eigenvalue weighted by Gasteiger charge is 2.16. The molecular formula is C17H18O4. The van der Waals surface area contributed by atoms with E-state index in [4.69, 9.17) is 9.47 Å². The van der Waals surface area contributed by atoms with Crippen LogP contribution in [-0.4, -0.2) is 25.3 Å². The molecule has 0 heterocycles. The minimum Gasteiger partial charge on any atom is -0.496 e. The van der Waals surface area contributed by atoms with Crippen LogP contribution in [0.25, 0.3) is 11.1 Å². The summed E-state index contributed by atoms with van der Waals surface area (Å²) in [6, 6.07) is 8.70. The molecule has 0 amide bonds. The van der Waals surface area contributed by atoms with E-state index in [-0.39, 0.29) is 5.56 Å². The maximum absolute atomic E-state index is 11.2. The number of carboxylic acid groups (broad SMARTS) is 1. The predicted molar refractivity (Wildman–Crippen MR) is 81.4 cm³/mol. The van der Waals surface area contributed by atoms with Gasteiger partial charge < -0.3 is 14.6 Å². The summed E-state index contributed by atoms with van der Waals surface area (Å²) in [4.78, 5) is 11.2. The van der Waals surface area contributed by atoms with Crippen molar-refractivity contribution < 1.29 is 19.4 Å². The standard InChI is InChI=1S/C17H18O4/c1-10-5-7-13(16(21-4)11(10)2)14-9-12(17(18)19)6-8-15(14)20-3/h5-9H,1-4H3,(H,18,19). The SMILES string of the molecule is COc1ccc(C(=O)O)cc1-c1ccc(C)c(C)c1OC. The van der Waals surface area contributed by atoms with Gasteiger partial charge in [0, 0.05) is 11.1 Å². The van der Waals surface area contributed by atoms with Gasteiger partial charge in [0.15, 0.2) is 0 Å². The van der Waals surface area contributed by atoms with Crippen LogP contribution < -0.4 is 9.47 Å². The summed E-state index contributed by atoms with van der Waals surface area (Å²) in [5, 5.41) is 9.17. The second kappa shape index (κ2) is 5.87. The first-order valence-electron chi connectivity index (χ1n) is 6.55. The van der Waals surface area contributed by atoms with Gasteiger partial charge in [-0.1, -0.05) is 12.1 Å². The van der Waals surface area contributed by atoms with Crippen molar-refractivity contribution in [1.82, 2.24) is 0 Å². The molecule has 1 N–H and O–H groups in total. The smallest absolute Gasteiger partial charge is 0.335 e. The largest absolute Gasteiger partial charge is 0.496 e. The maximum atomic E-state index is 11.2. The fourth-order valence-electron chi connectivity index (χ4n) is 2.32. The number of rotatable bonds is 4. The van der Waals surface area contributed by atoms with Gasteiger partial charge in [-0.15, -0.1) is 0 Å². The summed E-state index contributed by atoms with van der Waals surface area (Å²) < 4.78 is 10.9. The van der Waals surface area contributed by atoms with E-state index in [0.717, 1.165) is 22.4 Å². The molecular weight excluding hydrogens is 268 g/mol. The zero-order valence-corrected chi connectivity index (χ0v) is 12.6. The molecule has 0 aromatic heterocycles. The molecule has 0 unspecified atom stereocenters. The molecule has 0 aliphatic rings. The van der Waals surface area contributed by atoms with Crippen molar-refractivity contribution in [2.24, 2.45) is 0 Å². The van der Waals surface area contributed by atoms with Gasteiger partial charge in [0.05, 0.1) is 19.8 Å². The van der Waals surface area contributed by atoms with Crippen molar-refractivity contribution in [3.05, 3.63) is 47.0 Å². The van der Waals surface area contributed by atoms with Crippen LogP contribution in [0, 0.1) is 13.8 Å². The number of aromatic carboxylic acids is 1. The van der Waals surface area contributed by atoms with Crippen LogP contribution in [0.3, 0.4) is 0 Å². The molecule has 0 saturated heterocycles. The van der Waals surface area contributed by atoms with E-state index < -0.39 is 5.97 Å². The van der Waals surface area contributed by atoms with Crippen molar-refractivity contribution in [2.45, 2.75) is 13.8 Å². The van der Waals surface area contributed by atoms with E-state index in [0.29, 0.717) is 11.3 Å². The van der Waals surface area contributed by atoms with Gasteiger partial charge in [-0.25, -0.2) is 4.79 Å². The highest BCUT2D eigenvalue weighted by Crippen LogP contribution is 2.39. The lowest BCUT2D eigenvalue weighted by atomic mass is 9.96. The highest BCUT2D eigenvalue weighted by molar-refractivity contribution is 5.91. The van der Waals surface area contributed by atoms with E-state index >= 15 is 0 Å². The van der Waals surface area contributed by atoms with Crippen LogP contribution in [-0.2, 0) is 0 Å². The Balaban J connectivity index is 2.73. The van der Waals surface area contributed by atoms with Crippen molar-refractivity contribution in [1.29, 1.82) is 0 Å². The fraction of sp³-hybridized carbons (Fsp3) is 0.235. The van der Waals surface area contributed by atoms with Crippen LogP contribution >= 0.6 is 0 Å². The predicted octanol–water partition coefficient (Wildman–Crippen LogP) is 3.69. The first kappa shape index (κ1) is 14.9. The van der Waals surface area contributed by atoms with Crippen molar-refractivity contribution >= 4 is 5.97 Å². The third-order valence-corrected chi connectivity index (χ3v) is 3.62. The van der Waals surface area contributed by atoms with Gasteiger partial charge >= 0.3 is 5.97 Å². The van der Waals surface area contributed by atoms with Crippen molar-refractivity contribution in [2.75, 3.05) is 14.2 Å². The summed E-state index contributed by atoms with van der Waals surface area (Å²) in [6.07, 6.45) is 0. The highest BCUT2D eigenvalue weighted by atomic mass is 16.5. The first-order valence-corrected chi connectivity index (χ1v) is 6.55. The summed E-state index contributed by atoms with van der Waals surface area (Å²) in [7, 11) is 3.17. The Hall–Kier alpha value is -2.49. The Morgan fingerprint density at radius 1 is 1.00 bits per heavy atom. The van der Waals surface area contributed by atoms with Crippen molar-refractivity contribution in [3.63, 3.8) is 0 Å². The molecule has 0 radical (unpaired) electrons. The van der Waals surface area contributed by atoms with E-state index in [1.165, 1.54) is 6.07 Å². The summed E-state index contributed by atoms with van der Waals surface area (Å²) in [5.41, 5.74) is 3.88. The Bertz CT molecular complexity index is 689. The summed E-state index contributed by atoms with van der Waals surface area (Å²) in [5.74, 6) is 0.374. The van der Waals surface area contributed by atoms with Gasteiger partial charge in [0.25, 0.3) is 0 Å². The normalized spacial score (nSPS) is 10.3. The monoisotopic (exact) mass is 286 g/mol. The van der Waals surface area contributed by atoms with Gasteiger partial charge in [0.2, 0.25) is 0 Å². The Morgan fingerprint density at radius 3 is 2.29 bits per heavy atom. The van der Waals surface area contributed by atoms with Crippen LogP contribution in [0.5, 0.6) is 11.5 Å². The van der Waals surface area contributed by atoms with Gasteiger partial charge in [-0.2, -0.15) is 0 Å². The van der Waals surface area contributed by atoms with Crippen LogP contribution in [0.2, 0.25) is 0 Å². The minimum absolute atomic E-state index is 0.214. The van der Waals surface area contributed by atoms with Crippen LogP contribution in [0.1, 0.15) is 21.5 Å². The lowest BCUT2D eigenvalue weighted by Gasteiger charge is -2.16. The second-order valence-corrected chi connectivity index (χ2v) is 4.81. The Kier molecular flexibility index (Phi) is 4.17. The number of hydrogen-bond acceptors (Lipinski definition) is 3. The maximum Gasteiger partial charge on any atom is 0.335 e. The molecule has 0 spiro atoms. The average Bonchev–Trinajstić information content (AvgIpc) is 2.49. The van der Waals surface area contributed by atoms with E-state index in [9.17, 15) is 9.90 Å². The molecule has 4 nitrogen and oxygen atoms in total. The topological polar surface area (TPSA) is 55.8 Å². The first-order chi connectivity index (χ1) is 9.99. The Labute approximate surface area is 123 Å². The molecule has 0 saturated carbocycles. The summed E-state index contributed by atoms with van der Waals surface area (Å²) >= 11 is 0. The van der Waals surface area contributed by atoms with E-state index in [1.54, 1.807) is 26.4 Å². The third-order valence-electron chi connectivity index (χ3n) is 3.62. The molecule has 4 heteroatoms. The van der Waals surface area contributed by atoms with E-state index in [2.05, 4.69) is 0 Å². The molecule has 0 aliphatic heterocycles. The molecule has 21 heavy (non-hydrogen) atoms. The molecule has 2 aromatic carbocycles. The number of ether oxygens (including phenoxy) is 2. The second-order valence-electron chi connectivity index (χ2n) is 4.81. The van der Waals surface area contributed by atoms with E-state index in [1.807, 2.05) is 26.0 Å². The minimum atomic E-state index is -0.971. The number of carboxylic acids is 1. The molecule has 0 atom stereocenters. The number of methoxy groups -OCH3 is 2. The Morgan fingerprint density at radius 2 is 1.71 bits per heavy atom. The third kappa shape index (κ3) is 2.70. The molecule has 0 aliphatic carbocycles. The number of benzene rings is 2. The fourth-order valence-corrected chi connectivity index (χ4v) is 2.32. The number of aryl methyl sites for hydroxylation is 1. The lowest BCUT2D eigenvalue weighted by molar-refractivity contribution is 0.0697. The molecule has 0 bridgehead atoms.